The van der Waals surface area contributed by atoms with Crippen molar-refractivity contribution in [2.24, 2.45) is 11.1 Å². The van der Waals surface area contributed by atoms with E-state index in [-0.39, 0.29) is 4.90 Å². The first-order valence-electron chi connectivity index (χ1n) is 9.66. The number of halogens is 3. The Morgan fingerprint density at radius 2 is 1.83 bits per heavy atom. The first-order valence-corrected chi connectivity index (χ1v) is 11.2. The first kappa shape index (κ1) is 22.5. The van der Waals surface area contributed by atoms with Gasteiger partial charge in [-0.2, -0.15) is 0 Å². The number of benzene rings is 1. The van der Waals surface area contributed by atoms with Crippen molar-refractivity contribution in [2.45, 2.75) is 56.8 Å². The lowest BCUT2D eigenvalue weighted by molar-refractivity contribution is -0.274. The third-order valence-corrected chi connectivity index (χ3v) is 6.50. The third-order valence-electron chi connectivity index (χ3n) is 5.47. The number of alkyl halides is 3. The minimum atomic E-state index is -4.85. The van der Waals surface area contributed by atoms with Crippen LogP contribution < -0.4 is 14.6 Å². The molecule has 10 heteroatoms. The number of primary sulfonamides is 1. The molecule has 0 bridgehead atoms. The number of methoxy groups -OCH3 is 1. The zero-order valence-corrected chi connectivity index (χ0v) is 17.6. The summed E-state index contributed by atoms with van der Waals surface area (Å²) < 4.78 is 73.6. The lowest BCUT2D eigenvalue weighted by Gasteiger charge is -2.24. The van der Waals surface area contributed by atoms with Gasteiger partial charge in [0, 0.05) is 17.8 Å². The Morgan fingerprint density at radius 1 is 1.17 bits per heavy atom. The van der Waals surface area contributed by atoms with Gasteiger partial charge in [-0.05, 0) is 49.9 Å². The smallest absolute Gasteiger partial charge is 0.496 e. The van der Waals surface area contributed by atoms with Crippen LogP contribution >= 0.6 is 0 Å². The van der Waals surface area contributed by atoms with Crippen molar-refractivity contribution in [1.29, 1.82) is 0 Å². The van der Waals surface area contributed by atoms with E-state index < -0.39 is 22.1 Å². The van der Waals surface area contributed by atoms with Crippen LogP contribution in [0.5, 0.6) is 11.5 Å². The van der Waals surface area contributed by atoms with Crippen molar-refractivity contribution in [3.8, 4) is 22.8 Å². The highest BCUT2D eigenvalue weighted by molar-refractivity contribution is 7.89. The van der Waals surface area contributed by atoms with Crippen molar-refractivity contribution in [3.63, 3.8) is 0 Å². The topological polar surface area (TPSA) is 83.6 Å². The summed E-state index contributed by atoms with van der Waals surface area (Å²) in [5.74, 6) is 0.226. The normalized spacial score (nSPS) is 15.9. The van der Waals surface area contributed by atoms with Gasteiger partial charge < -0.3 is 14.0 Å². The molecule has 6 nitrogen and oxygen atoms in total. The zero-order valence-electron chi connectivity index (χ0n) is 16.8. The van der Waals surface area contributed by atoms with E-state index in [0.717, 1.165) is 31.7 Å². The van der Waals surface area contributed by atoms with Gasteiger partial charge in [-0.25, -0.2) is 13.6 Å². The van der Waals surface area contributed by atoms with Gasteiger partial charge in [0.05, 0.1) is 12.8 Å². The van der Waals surface area contributed by atoms with Crippen LogP contribution in [-0.2, 0) is 16.6 Å². The largest absolute Gasteiger partial charge is 0.573 e. The molecule has 1 aromatic carbocycles. The second-order valence-electron chi connectivity index (χ2n) is 7.55. The molecule has 0 aliphatic heterocycles. The summed E-state index contributed by atoms with van der Waals surface area (Å²) >= 11 is 0. The van der Waals surface area contributed by atoms with Gasteiger partial charge in [0.1, 0.15) is 16.4 Å². The fraction of sp³-hybridized carbons (Fsp3) is 0.500. The van der Waals surface area contributed by atoms with Gasteiger partial charge in [0.15, 0.2) is 0 Å². The average molecular weight is 446 g/mol. The molecule has 2 N–H and O–H groups in total. The third kappa shape index (κ3) is 5.10. The minimum Gasteiger partial charge on any atom is -0.496 e. The van der Waals surface area contributed by atoms with Crippen LogP contribution in [-0.4, -0.2) is 26.5 Å². The van der Waals surface area contributed by atoms with Crippen LogP contribution in [0.1, 0.15) is 37.8 Å². The summed E-state index contributed by atoms with van der Waals surface area (Å²) in [6.45, 7) is 2.19. The lowest BCUT2D eigenvalue weighted by atomic mass is 9.89. The summed E-state index contributed by atoms with van der Waals surface area (Å²) in [4.78, 5) is -0.0579. The van der Waals surface area contributed by atoms with Crippen molar-refractivity contribution in [2.75, 3.05) is 7.11 Å². The van der Waals surface area contributed by atoms with E-state index in [9.17, 15) is 21.6 Å². The van der Waals surface area contributed by atoms with Crippen molar-refractivity contribution < 1.29 is 31.1 Å². The molecule has 1 aliphatic rings. The van der Waals surface area contributed by atoms with Crippen LogP contribution in [0.25, 0.3) is 11.3 Å². The van der Waals surface area contributed by atoms with Gasteiger partial charge in [0.25, 0.3) is 0 Å². The molecule has 0 unspecified atom stereocenters. The molecule has 0 radical (unpaired) electrons. The number of aromatic nitrogens is 1. The maximum Gasteiger partial charge on any atom is 0.573 e. The molecule has 1 aliphatic carbocycles. The first-order chi connectivity index (χ1) is 14.0. The number of rotatable bonds is 6. The van der Waals surface area contributed by atoms with Crippen LogP contribution in [0.3, 0.4) is 0 Å². The fourth-order valence-electron chi connectivity index (χ4n) is 4.08. The quantitative estimate of drug-likeness (QED) is 0.703. The second-order valence-corrected chi connectivity index (χ2v) is 9.08. The molecular formula is C20H25F3N2O4S. The molecule has 166 valence electrons. The maximum atomic E-state index is 12.7. The van der Waals surface area contributed by atoms with Gasteiger partial charge in [-0.15, -0.1) is 13.2 Å². The number of ether oxygens (including phenoxy) is 2. The Kier molecular flexibility index (Phi) is 6.37. The number of sulfonamides is 1. The van der Waals surface area contributed by atoms with E-state index >= 15 is 0 Å². The Balaban J connectivity index is 2.14. The molecule has 1 fully saturated rings. The monoisotopic (exact) mass is 446 g/mol. The van der Waals surface area contributed by atoms with E-state index in [4.69, 9.17) is 9.88 Å². The highest BCUT2D eigenvalue weighted by Crippen LogP contribution is 2.39. The second kappa shape index (κ2) is 8.50. The number of hydrogen-bond acceptors (Lipinski definition) is 4. The molecule has 30 heavy (non-hydrogen) atoms. The van der Waals surface area contributed by atoms with Crippen molar-refractivity contribution in [3.05, 3.63) is 30.0 Å². The minimum absolute atomic E-state index is 0.0579. The lowest BCUT2D eigenvalue weighted by Crippen LogP contribution is -2.18. The highest BCUT2D eigenvalue weighted by atomic mass is 32.2. The van der Waals surface area contributed by atoms with Crippen molar-refractivity contribution in [1.82, 2.24) is 4.57 Å². The van der Waals surface area contributed by atoms with Crippen LogP contribution in [0.4, 0.5) is 13.2 Å². The Labute approximate surface area is 173 Å². The molecule has 1 heterocycles. The van der Waals surface area contributed by atoms with E-state index in [1.807, 2.05) is 4.57 Å². The molecule has 0 spiro atoms. The molecular weight excluding hydrogens is 421 g/mol. The SMILES string of the molecule is COc1ccc(OC(F)(F)F)cc1-c1cc(S(N)(=O)=O)c(C)n1CC1CCCCC1. The summed E-state index contributed by atoms with van der Waals surface area (Å²) in [6.07, 6.45) is 0.534. The van der Waals surface area contributed by atoms with E-state index in [2.05, 4.69) is 4.74 Å². The van der Waals surface area contributed by atoms with E-state index in [0.29, 0.717) is 35.2 Å². The Morgan fingerprint density at radius 3 is 2.40 bits per heavy atom. The van der Waals surface area contributed by atoms with Gasteiger partial charge in [0.2, 0.25) is 10.0 Å². The van der Waals surface area contributed by atoms with Crippen molar-refractivity contribution >= 4 is 10.0 Å². The molecule has 0 atom stereocenters. The number of nitrogens with two attached hydrogens (primary N) is 1. The summed E-state index contributed by atoms with van der Waals surface area (Å²) in [6, 6.07) is 5.10. The van der Waals surface area contributed by atoms with Gasteiger partial charge >= 0.3 is 6.36 Å². The van der Waals surface area contributed by atoms with E-state index in [1.54, 1.807) is 6.92 Å². The predicted molar refractivity (Wildman–Crippen MR) is 106 cm³/mol. The number of hydrogen-bond donors (Lipinski definition) is 1. The van der Waals surface area contributed by atoms with Crippen LogP contribution in [0.15, 0.2) is 29.2 Å². The molecule has 3 rings (SSSR count). The Bertz CT molecular complexity index is 1010. The number of nitrogens with zero attached hydrogens (tertiary/aromatic N) is 1. The predicted octanol–water partition coefficient (Wildman–Crippen LogP) is 4.60. The summed E-state index contributed by atoms with van der Waals surface area (Å²) in [5, 5.41) is 5.39. The van der Waals surface area contributed by atoms with Gasteiger partial charge in [-0.3, -0.25) is 0 Å². The fourth-order valence-corrected chi connectivity index (χ4v) is 4.88. The standard InChI is InChI=1S/C20H25F3N2O4S/c1-13-19(30(24,26)27)11-17(25(13)12-14-6-4-3-5-7-14)16-10-15(29-20(21,22)23)8-9-18(16)28-2/h8-11,14H,3-7,12H2,1-2H3,(H2,24,26,27). The summed E-state index contributed by atoms with van der Waals surface area (Å²) in [7, 11) is -2.62. The Hall–Kier alpha value is -2.20. The van der Waals surface area contributed by atoms with Gasteiger partial charge in [-0.1, -0.05) is 19.3 Å². The van der Waals surface area contributed by atoms with E-state index in [1.165, 1.54) is 31.7 Å². The molecule has 0 amide bonds. The zero-order chi connectivity index (χ0) is 22.1. The molecule has 0 saturated heterocycles. The molecule has 1 saturated carbocycles. The molecule has 1 aromatic heterocycles. The maximum absolute atomic E-state index is 12.7. The summed E-state index contributed by atoms with van der Waals surface area (Å²) in [5.41, 5.74) is 1.17. The average Bonchev–Trinajstić information content (AvgIpc) is 2.98. The highest BCUT2D eigenvalue weighted by Gasteiger charge is 2.32. The molecule has 2 aromatic rings. The van der Waals surface area contributed by atoms with Crippen LogP contribution in [0.2, 0.25) is 0 Å². The van der Waals surface area contributed by atoms with Crippen LogP contribution in [0, 0.1) is 12.8 Å².